The molecule has 32 heavy (non-hydrogen) atoms. The lowest BCUT2D eigenvalue weighted by Gasteiger charge is -2.26. The first-order valence-corrected chi connectivity index (χ1v) is 10.3. The lowest BCUT2D eigenvalue weighted by Crippen LogP contribution is -2.29. The van der Waals surface area contributed by atoms with Gasteiger partial charge in [-0.05, 0) is 60.2 Å². The van der Waals surface area contributed by atoms with E-state index in [1.54, 1.807) is 48.5 Å². The first-order chi connectivity index (χ1) is 15.3. The molecule has 1 fully saturated rings. The summed E-state index contributed by atoms with van der Waals surface area (Å²) in [5, 5.41) is 21.8. The molecule has 0 aromatic heterocycles. The van der Waals surface area contributed by atoms with Crippen molar-refractivity contribution < 1.29 is 24.5 Å². The normalized spacial score (nSPS) is 17.6. The first-order valence-electron chi connectivity index (χ1n) is 9.51. The molecule has 1 aliphatic heterocycles. The summed E-state index contributed by atoms with van der Waals surface area (Å²) in [4.78, 5) is 27.4. The van der Waals surface area contributed by atoms with Gasteiger partial charge >= 0.3 is 0 Å². The zero-order valence-corrected chi connectivity index (χ0v) is 18.3. The van der Waals surface area contributed by atoms with Crippen LogP contribution in [0.4, 0.5) is 5.69 Å². The molecule has 4 rings (SSSR count). The Morgan fingerprint density at radius 1 is 1.00 bits per heavy atom. The molecular weight excluding hydrogens is 453 g/mol. The Kier molecular flexibility index (Phi) is 5.82. The van der Waals surface area contributed by atoms with Gasteiger partial charge < -0.3 is 14.9 Å². The van der Waals surface area contributed by atoms with Crippen LogP contribution in [-0.4, -0.2) is 29.0 Å². The topological polar surface area (TPSA) is 87.1 Å². The predicted molar refractivity (Wildman–Crippen MR) is 122 cm³/mol. The summed E-state index contributed by atoms with van der Waals surface area (Å²) in [5.74, 6) is -1.70. The summed E-state index contributed by atoms with van der Waals surface area (Å²) in [7, 11) is 1.46. The third-order valence-corrected chi connectivity index (χ3v) is 5.71. The first kappa shape index (κ1) is 21.7. The predicted octanol–water partition coefficient (Wildman–Crippen LogP) is 5.33. The number of phenols is 1. The van der Waals surface area contributed by atoms with E-state index in [4.69, 9.17) is 27.9 Å². The van der Waals surface area contributed by atoms with Gasteiger partial charge in [-0.15, -0.1) is 0 Å². The lowest BCUT2D eigenvalue weighted by atomic mass is 9.95. The van der Waals surface area contributed by atoms with E-state index < -0.39 is 17.7 Å². The fraction of sp³-hybridized carbons (Fsp3) is 0.0833. The van der Waals surface area contributed by atoms with E-state index in [1.165, 1.54) is 30.2 Å². The third-order valence-electron chi connectivity index (χ3n) is 5.16. The molecule has 8 heteroatoms. The number of methoxy groups -OCH3 is 1. The Bertz CT molecular complexity index is 1250. The largest absolute Gasteiger partial charge is 0.508 e. The van der Waals surface area contributed by atoms with Gasteiger partial charge in [0.05, 0.1) is 23.7 Å². The summed E-state index contributed by atoms with van der Waals surface area (Å²) >= 11 is 12.2. The minimum absolute atomic E-state index is 0.0488. The highest BCUT2D eigenvalue weighted by molar-refractivity contribution is 6.52. The number of ether oxygens (including phenoxy) is 1. The molecule has 0 spiro atoms. The molecule has 6 nitrogen and oxygen atoms in total. The molecule has 162 valence electrons. The van der Waals surface area contributed by atoms with Gasteiger partial charge in [-0.1, -0.05) is 35.3 Å². The number of ketones is 1. The number of carbonyl (C=O) groups excluding carboxylic acids is 2. The molecule has 2 N–H and O–H groups in total. The second kappa shape index (κ2) is 8.57. The van der Waals surface area contributed by atoms with Crippen LogP contribution in [0.3, 0.4) is 0 Å². The van der Waals surface area contributed by atoms with Crippen LogP contribution in [0, 0.1) is 0 Å². The Morgan fingerprint density at radius 2 is 1.72 bits per heavy atom. The minimum atomic E-state index is -0.998. The number of Topliss-reactive ketones (excluding diaryl/α,β-unsaturated/α-hetero) is 1. The number of anilines is 1. The maximum Gasteiger partial charge on any atom is 0.300 e. The Morgan fingerprint density at radius 3 is 2.34 bits per heavy atom. The Labute approximate surface area is 193 Å². The second-order valence-corrected chi connectivity index (χ2v) is 7.93. The standard InChI is InChI=1S/C24H17Cl2NO5/c1-32-19-10-9-16(12-18(19)26)27-21(14-3-2-4-17(28)11-14)20(23(30)24(27)31)22(29)13-5-7-15(25)8-6-13/h2-12,21,28-29H,1H3/b22-20+. The maximum absolute atomic E-state index is 13.1. The molecule has 1 unspecified atom stereocenters. The molecule has 0 bridgehead atoms. The lowest BCUT2D eigenvalue weighted by molar-refractivity contribution is -0.132. The van der Waals surface area contributed by atoms with Crippen LogP contribution in [0.1, 0.15) is 17.2 Å². The van der Waals surface area contributed by atoms with Gasteiger partial charge in [0.2, 0.25) is 0 Å². The van der Waals surface area contributed by atoms with Gasteiger partial charge in [0.1, 0.15) is 17.3 Å². The van der Waals surface area contributed by atoms with Crippen molar-refractivity contribution in [2.75, 3.05) is 12.0 Å². The van der Waals surface area contributed by atoms with Gasteiger partial charge in [-0.2, -0.15) is 0 Å². The Balaban J connectivity index is 1.95. The average molecular weight is 470 g/mol. The molecule has 1 aliphatic rings. The maximum atomic E-state index is 13.1. The van der Waals surface area contributed by atoms with Crippen LogP contribution >= 0.6 is 23.2 Å². The van der Waals surface area contributed by atoms with E-state index in [9.17, 15) is 19.8 Å². The van der Waals surface area contributed by atoms with Gasteiger partial charge in [0, 0.05) is 16.3 Å². The van der Waals surface area contributed by atoms with Crippen LogP contribution < -0.4 is 9.64 Å². The molecular formula is C24H17Cl2NO5. The van der Waals surface area contributed by atoms with E-state index in [0.717, 1.165) is 0 Å². The van der Waals surface area contributed by atoms with Crippen LogP contribution in [0.25, 0.3) is 5.76 Å². The van der Waals surface area contributed by atoms with E-state index in [1.807, 2.05) is 0 Å². The van der Waals surface area contributed by atoms with Crippen molar-refractivity contribution in [2.45, 2.75) is 6.04 Å². The Hall–Kier alpha value is -3.48. The highest BCUT2D eigenvalue weighted by atomic mass is 35.5. The molecule has 1 saturated heterocycles. The van der Waals surface area contributed by atoms with Crippen LogP contribution in [0.2, 0.25) is 10.0 Å². The van der Waals surface area contributed by atoms with Crippen LogP contribution in [0.5, 0.6) is 11.5 Å². The van der Waals surface area contributed by atoms with Crippen molar-refractivity contribution in [3.05, 3.63) is 93.5 Å². The molecule has 1 amide bonds. The summed E-state index contributed by atoms with van der Waals surface area (Å²) < 4.78 is 5.17. The van der Waals surface area contributed by atoms with E-state index >= 15 is 0 Å². The molecule has 0 aliphatic carbocycles. The number of phenolic OH excluding ortho intramolecular Hbond substituents is 1. The zero-order chi connectivity index (χ0) is 23.0. The number of amides is 1. The summed E-state index contributed by atoms with van der Waals surface area (Å²) in [6.45, 7) is 0. The number of hydrogen-bond acceptors (Lipinski definition) is 5. The van der Waals surface area contributed by atoms with Crippen LogP contribution in [-0.2, 0) is 9.59 Å². The van der Waals surface area contributed by atoms with E-state index in [2.05, 4.69) is 0 Å². The monoisotopic (exact) mass is 469 g/mol. The van der Waals surface area contributed by atoms with Crippen molar-refractivity contribution in [3.8, 4) is 11.5 Å². The molecule has 1 atom stereocenters. The van der Waals surface area contributed by atoms with E-state index in [-0.39, 0.29) is 22.1 Å². The highest BCUT2D eigenvalue weighted by Gasteiger charge is 2.47. The SMILES string of the molecule is COc1ccc(N2C(=O)C(=O)/C(=C(/O)c3ccc(Cl)cc3)C2c2cccc(O)c2)cc1Cl. The molecule has 0 radical (unpaired) electrons. The van der Waals surface area contributed by atoms with Crippen LogP contribution in [0.15, 0.2) is 72.3 Å². The number of aliphatic hydroxyl groups is 1. The highest BCUT2D eigenvalue weighted by Crippen LogP contribution is 2.44. The zero-order valence-electron chi connectivity index (χ0n) is 16.8. The molecule has 3 aromatic rings. The summed E-state index contributed by atoms with van der Waals surface area (Å²) in [6, 6.07) is 16.1. The van der Waals surface area contributed by atoms with Crippen molar-refractivity contribution in [2.24, 2.45) is 0 Å². The van der Waals surface area contributed by atoms with Crippen molar-refractivity contribution in [1.82, 2.24) is 0 Å². The van der Waals surface area contributed by atoms with Gasteiger partial charge in [-0.3, -0.25) is 14.5 Å². The van der Waals surface area contributed by atoms with E-state index in [0.29, 0.717) is 27.6 Å². The quantitative estimate of drug-likeness (QED) is 0.306. The number of nitrogens with zero attached hydrogens (tertiary/aromatic N) is 1. The number of benzene rings is 3. The second-order valence-electron chi connectivity index (χ2n) is 7.09. The van der Waals surface area contributed by atoms with Crippen molar-refractivity contribution in [3.63, 3.8) is 0 Å². The van der Waals surface area contributed by atoms with Crippen molar-refractivity contribution >= 4 is 46.3 Å². The van der Waals surface area contributed by atoms with Gasteiger partial charge in [0.25, 0.3) is 11.7 Å². The van der Waals surface area contributed by atoms with Crippen molar-refractivity contribution in [1.29, 1.82) is 0 Å². The number of aromatic hydroxyl groups is 1. The number of halogens is 2. The fourth-order valence-corrected chi connectivity index (χ4v) is 4.06. The fourth-order valence-electron chi connectivity index (χ4n) is 3.68. The molecule has 0 saturated carbocycles. The number of hydrogen-bond donors (Lipinski definition) is 2. The third kappa shape index (κ3) is 3.79. The average Bonchev–Trinajstić information content (AvgIpc) is 3.04. The number of aliphatic hydroxyl groups excluding tert-OH is 1. The van der Waals surface area contributed by atoms with Gasteiger partial charge in [-0.25, -0.2) is 0 Å². The summed E-state index contributed by atoms with van der Waals surface area (Å²) in [6.07, 6.45) is 0. The summed E-state index contributed by atoms with van der Waals surface area (Å²) in [5.41, 5.74) is 0.980. The minimum Gasteiger partial charge on any atom is -0.508 e. The molecule has 3 aromatic carbocycles. The molecule has 1 heterocycles. The number of carbonyl (C=O) groups is 2. The van der Waals surface area contributed by atoms with Gasteiger partial charge in [0.15, 0.2) is 0 Å². The smallest absolute Gasteiger partial charge is 0.300 e. The number of rotatable bonds is 4.